The number of hydrogen-bond donors (Lipinski definition) is 0. The quantitative estimate of drug-likeness (QED) is 0.261. The highest BCUT2D eigenvalue weighted by Crippen LogP contribution is 2.42. The molecule has 3 aromatic rings. The van der Waals surface area contributed by atoms with Gasteiger partial charge in [-0.05, 0) is 40.8 Å². The predicted molar refractivity (Wildman–Crippen MR) is 148 cm³/mol. The number of ether oxygens (including phenoxy) is 3. The van der Waals surface area contributed by atoms with Crippen LogP contribution in [0.4, 0.5) is 4.79 Å². The van der Waals surface area contributed by atoms with Crippen LogP contribution in [0.25, 0.3) is 16.7 Å². The zero-order valence-corrected chi connectivity index (χ0v) is 22.2. The summed E-state index contributed by atoms with van der Waals surface area (Å²) in [4.78, 5) is 40.4. The molecule has 0 unspecified atom stereocenters. The first-order valence-electron chi connectivity index (χ1n) is 13.0. The van der Waals surface area contributed by atoms with Crippen LogP contribution < -0.4 is 0 Å². The lowest BCUT2D eigenvalue weighted by molar-refractivity contribution is -0.150. The van der Waals surface area contributed by atoms with E-state index in [1.165, 1.54) is 12.0 Å². The van der Waals surface area contributed by atoms with Crippen LogP contribution in [0.3, 0.4) is 0 Å². The molecule has 0 aromatic heterocycles. The van der Waals surface area contributed by atoms with E-state index in [0.29, 0.717) is 5.57 Å². The Kier molecular flexibility index (Phi) is 9.15. The minimum atomic E-state index is -1.02. The van der Waals surface area contributed by atoms with Crippen LogP contribution >= 0.6 is 0 Å². The third-order valence-electron chi connectivity index (χ3n) is 7.04. The van der Waals surface area contributed by atoms with E-state index in [0.717, 1.165) is 22.3 Å². The van der Waals surface area contributed by atoms with Crippen LogP contribution in [0, 0.1) is 11.8 Å². The SMILES string of the molecule is C=C(c1cccc(-c2ccccc2)c1)[C@@H]1CN(C(=O)OCc2ccccc2)[C@H](C(=O)OCC)[C@H]1CC(=O)OC. The lowest BCUT2D eigenvalue weighted by Crippen LogP contribution is -2.45. The van der Waals surface area contributed by atoms with E-state index < -0.39 is 35.9 Å². The molecule has 0 aliphatic carbocycles. The third kappa shape index (κ3) is 6.55. The monoisotopic (exact) mass is 527 g/mol. The fourth-order valence-electron chi connectivity index (χ4n) is 5.07. The van der Waals surface area contributed by atoms with E-state index >= 15 is 0 Å². The molecule has 1 fully saturated rings. The van der Waals surface area contributed by atoms with Crippen molar-refractivity contribution in [1.82, 2.24) is 4.90 Å². The molecule has 1 amide bonds. The average Bonchev–Trinajstić information content (AvgIpc) is 3.35. The van der Waals surface area contributed by atoms with E-state index in [2.05, 4.69) is 6.58 Å². The topological polar surface area (TPSA) is 82.1 Å². The van der Waals surface area contributed by atoms with Crippen LogP contribution in [-0.2, 0) is 30.4 Å². The van der Waals surface area contributed by atoms with Gasteiger partial charge in [0.25, 0.3) is 0 Å². The van der Waals surface area contributed by atoms with E-state index in [1.807, 2.05) is 84.9 Å². The van der Waals surface area contributed by atoms with Crippen molar-refractivity contribution in [2.75, 3.05) is 20.3 Å². The average molecular weight is 528 g/mol. The van der Waals surface area contributed by atoms with Gasteiger partial charge in [-0.3, -0.25) is 9.69 Å². The highest BCUT2D eigenvalue weighted by atomic mass is 16.6. The van der Waals surface area contributed by atoms with Crippen LogP contribution in [0.15, 0.2) is 91.5 Å². The lowest BCUT2D eigenvalue weighted by atomic mass is 9.80. The molecular formula is C32H33NO6. The summed E-state index contributed by atoms with van der Waals surface area (Å²) < 4.78 is 15.9. The van der Waals surface area contributed by atoms with Crippen molar-refractivity contribution in [2.24, 2.45) is 11.8 Å². The minimum Gasteiger partial charge on any atom is -0.469 e. The number of benzene rings is 3. The number of amides is 1. The first kappa shape index (κ1) is 27.6. The van der Waals surface area contributed by atoms with Gasteiger partial charge in [-0.25, -0.2) is 9.59 Å². The summed E-state index contributed by atoms with van der Waals surface area (Å²) in [5.41, 5.74) is 4.47. The summed E-state index contributed by atoms with van der Waals surface area (Å²) in [7, 11) is 1.30. The molecule has 7 nitrogen and oxygen atoms in total. The van der Waals surface area contributed by atoms with Gasteiger partial charge < -0.3 is 14.2 Å². The number of esters is 2. The molecule has 39 heavy (non-hydrogen) atoms. The molecule has 7 heteroatoms. The van der Waals surface area contributed by atoms with Gasteiger partial charge >= 0.3 is 18.0 Å². The number of methoxy groups -OCH3 is 1. The van der Waals surface area contributed by atoms with Gasteiger partial charge in [-0.1, -0.05) is 85.4 Å². The molecule has 0 N–H and O–H groups in total. The number of carbonyl (C=O) groups excluding carboxylic acids is 3. The molecule has 1 aliphatic heterocycles. The Balaban J connectivity index is 1.65. The fourth-order valence-corrected chi connectivity index (χ4v) is 5.07. The molecule has 3 atom stereocenters. The van der Waals surface area contributed by atoms with Crippen molar-refractivity contribution in [3.8, 4) is 11.1 Å². The Hall–Kier alpha value is -4.39. The Bertz CT molecular complexity index is 1310. The standard InChI is InChI=1S/C32H33NO6/c1-4-38-31(35)30-27(19-29(34)37-3)28(20-33(30)32(36)39-21-23-12-7-5-8-13-23)22(2)25-16-11-17-26(18-25)24-14-9-6-10-15-24/h5-18,27-28,30H,2,4,19-21H2,1,3H3/t27-,28-,30-/m0/s1. The zero-order valence-electron chi connectivity index (χ0n) is 22.2. The summed E-state index contributed by atoms with van der Waals surface area (Å²) in [6.45, 7) is 6.41. The van der Waals surface area contributed by atoms with Crippen molar-refractivity contribution in [1.29, 1.82) is 0 Å². The van der Waals surface area contributed by atoms with Gasteiger partial charge in [-0.2, -0.15) is 0 Å². The largest absolute Gasteiger partial charge is 0.469 e. The van der Waals surface area contributed by atoms with E-state index in [4.69, 9.17) is 14.2 Å². The first-order chi connectivity index (χ1) is 18.9. The molecular weight excluding hydrogens is 494 g/mol. The molecule has 202 valence electrons. The van der Waals surface area contributed by atoms with Gasteiger partial charge in [0.15, 0.2) is 0 Å². The second-order valence-corrected chi connectivity index (χ2v) is 9.41. The number of nitrogens with zero attached hydrogens (tertiary/aromatic N) is 1. The number of carbonyl (C=O) groups is 3. The zero-order chi connectivity index (χ0) is 27.8. The van der Waals surface area contributed by atoms with E-state index in [-0.39, 0.29) is 26.2 Å². The maximum absolute atomic E-state index is 13.3. The molecule has 1 saturated heterocycles. The summed E-state index contributed by atoms with van der Waals surface area (Å²) in [6, 6.07) is 26.2. The molecule has 3 aromatic carbocycles. The minimum absolute atomic E-state index is 0.0537. The second kappa shape index (κ2) is 12.9. The first-order valence-corrected chi connectivity index (χ1v) is 13.0. The molecule has 0 spiro atoms. The van der Waals surface area contributed by atoms with Gasteiger partial charge in [0.2, 0.25) is 0 Å². The summed E-state index contributed by atoms with van der Waals surface area (Å²) in [5, 5.41) is 0. The number of hydrogen-bond acceptors (Lipinski definition) is 6. The van der Waals surface area contributed by atoms with Gasteiger partial charge in [0, 0.05) is 18.4 Å². The molecule has 0 bridgehead atoms. The fraction of sp³-hybridized carbons (Fsp3) is 0.281. The smallest absolute Gasteiger partial charge is 0.410 e. The molecule has 4 rings (SSSR count). The Labute approximate surface area is 229 Å². The Morgan fingerprint density at radius 1 is 0.897 bits per heavy atom. The van der Waals surface area contributed by atoms with Gasteiger partial charge in [0.1, 0.15) is 12.6 Å². The van der Waals surface area contributed by atoms with Crippen LogP contribution in [0.1, 0.15) is 24.5 Å². The maximum atomic E-state index is 13.3. The summed E-state index contributed by atoms with van der Waals surface area (Å²) >= 11 is 0. The van der Waals surface area contributed by atoms with Gasteiger partial charge in [0.05, 0.1) is 20.1 Å². The third-order valence-corrected chi connectivity index (χ3v) is 7.04. The van der Waals surface area contributed by atoms with Crippen LogP contribution in [-0.4, -0.2) is 49.2 Å². The van der Waals surface area contributed by atoms with Crippen molar-refractivity contribution in [2.45, 2.75) is 26.0 Å². The molecule has 1 aliphatic rings. The second-order valence-electron chi connectivity index (χ2n) is 9.41. The molecule has 0 saturated carbocycles. The Morgan fingerprint density at radius 2 is 1.56 bits per heavy atom. The van der Waals surface area contributed by atoms with Crippen LogP contribution in [0.5, 0.6) is 0 Å². The van der Waals surface area contributed by atoms with Crippen LogP contribution in [0.2, 0.25) is 0 Å². The lowest BCUT2D eigenvalue weighted by Gasteiger charge is -2.26. The number of rotatable bonds is 9. The molecule has 1 heterocycles. The van der Waals surface area contributed by atoms with E-state index in [1.54, 1.807) is 6.92 Å². The summed E-state index contributed by atoms with van der Waals surface area (Å²) in [6.07, 6.45) is -0.732. The van der Waals surface area contributed by atoms with Crippen molar-refractivity contribution in [3.63, 3.8) is 0 Å². The number of likely N-dealkylation sites (tertiary alicyclic amines) is 1. The normalized spacial score (nSPS) is 18.3. The predicted octanol–water partition coefficient (Wildman–Crippen LogP) is 5.75. The van der Waals surface area contributed by atoms with E-state index in [9.17, 15) is 14.4 Å². The maximum Gasteiger partial charge on any atom is 0.410 e. The van der Waals surface area contributed by atoms with Gasteiger partial charge in [-0.15, -0.1) is 0 Å². The van der Waals surface area contributed by atoms with Crippen molar-refractivity contribution in [3.05, 3.63) is 103 Å². The highest BCUT2D eigenvalue weighted by molar-refractivity contribution is 5.85. The summed E-state index contributed by atoms with van der Waals surface area (Å²) in [5.74, 6) is -2.08. The van der Waals surface area contributed by atoms with Crippen molar-refractivity contribution >= 4 is 23.6 Å². The molecule has 0 radical (unpaired) electrons. The highest BCUT2D eigenvalue weighted by Gasteiger charge is 2.51. The Morgan fingerprint density at radius 3 is 2.23 bits per heavy atom. The van der Waals surface area contributed by atoms with Crippen molar-refractivity contribution < 1.29 is 28.6 Å².